The van der Waals surface area contributed by atoms with Gasteiger partial charge < -0.3 is 9.80 Å². The van der Waals surface area contributed by atoms with E-state index in [4.69, 9.17) is 11.6 Å². The van der Waals surface area contributed by atoms with Crippen molar-refractivity contribution in [3.8, 4) is 0 Å². The Morgan fingerprint density at radius 2 is 1.44 bits per heavy atom. The molecule has 48 heavy (non-hydrogen) atoms. The minimum atomic E-state index is -3.85. The summed E-state index contributed by atoms with van der Waals surface area (Å²) in [6.07, 6.45) is 10.2. The molecule has 0 bridgehead atoms. The molecule has 2 aliphatic heterocycles. The van der Waals surface area contributed by atoms with Crippen LogP contribution in [-0.4, -0.2) is 108 Å². The van der Waals surface area contributed by atoms with Gasteiger partial charge in [0.1, 0.15) is 0 Å². The van der Waals surface area contributed by atoms with Gasteiger partial charge >= 0.3 is 0 Å². The van der Waals surface area contributed by atoms with E-state index in [0.717, 1.165) is 36.5 Å². The third kappa shape index (κ3) is 9.29. The summed E-state index contributed by atoms with van der Waals surface area (Å²) in [6.45, 7) is 8.14. The first-order valence-corrected chi connectivity index (χ1v) is 20.5. The first kappa shape index (κ1) is 37.0. The lowest BCUT2D eigenvalue weighted by Crippen LogP contribution is -2.48. The lowest BCUT2D eigenvalue weighted by Gasteiger charge is -2.35. The monoisotopic (exact) mass is 717 g/mol. The highest BCUT2D eigenvalue weighted by Gasteiger charge is 2.33. The van der Waals surface area contributed by atoms with Crippen molar-refractivity contribution in [2.24, 2.45) is 5.92 Å². The lowest BCUT2D eigenvalue weighted by molar-refractivity contribution is 0.187. The van der Waals surface area contributed by atoms with E-state index in [1.54, 1.807) is 12.1 Å². The standard InChI is InChI=1S/C36H52ClN5O4S2/c1-30-27-41(47(43,44)34-17-15-33(16-18-34)38(2)3)23-9-21-39(29-31-11-5-4-6-12-31)22-10-24-42(28-30)48(45,46)40-25-19-32(20-26-40)35-13-7-8-14-36(35)37/h7-8,13-19,31H,1,4-6,9-12,20-29H2,2-3H3. The molecule has 5 rings (SSSR count). The van der Waals surface area contributed by atoms with Crippen LogP contribution in [0.25, 0.3) is 5.57 Å². The number of nitrogens with zero attached hydrogens (tertiary/aromatic N) is 5. The molecule has 12 heteroatoms. The van der Waals surface area contributed by atoms with Gasteiger partial charge in [-0.15, -0.1) is 0 Å². The average molecular weight is 718 g/mol. The van der Waals surface area contributed by atoms with Gasteiger partial charge in [0.15, 0.2) is 0 Å². The zero-order chi connectivity index (χ0) is 34.3. The van der Waals surface area contributed by atoms with Crippen molar-refractivity contribution < 1.29 is 16.8 Å². The van der Waals surface area contributed by atoms with Gasteiger partial charge in [-0.3, -0.25) is 0 Å². The molecule has 1 aliphatic carbocycles. The largest absolute Gasteiger partial charge is 0.378 e. The predicted octanol–water partition coefficient (Wildman–Crippen LogP) is 5.97. The number of anilines is 1. The summed E-state index contributed by atoms with van der Waals surface area (Å²) < 4.78 is 61.0. The van der Waals surface area contributed by atoms with Crippen LogP contribution in [0.2, 0.25) is 5.02 Å². The minimum absolute atomic E-state index is 0.0585. The Morgan fingerprint density at radius 1 is 0.792 bits per heavy atom. The second-order valence-corrected chi connectivity index (χ2v) is 17.9. The van der Waals surface area contributed by atoms with Crippen molar-refractivity contribution >= 4 is 43.1 Å². The topological polar surface area (TPSA) is 84.5 Å². The predicted molar refractivity (Wildman–Crippen MR) is 197 cm³/mol. The van der Waals surface area contributed by atoms with Crippen LogP contribution < -0.4 is 4.90 Å². The van der Waals surface area contributed by atoms with Gasteiger partial charge in [-0.25, -0.2) is 8.42 Å². The lowest BCUT2D eigenvalue weighted by atomic mass is 9.89. The second kappa shape index (κ2) is 16.6. The van der Waals surface area contributed by atoms with E-state index in [1.165, 1.54) is 45.0 Å². The Bertz CT molecular complexity index is 1640. The maximum atomic E-state index is 14.2. The fourth-order valence-electron chi connectivity index (χ4n) is 7.13. The second-order valence-electron chi connectivity index (χ2n) is 13.6. The van der Waals surface area contributed by atoms with E-state index >= 15 is 0 Å². The number of rotatable bonds is 8. The Kier molecular flexibility index (Phi) is 12.8. The van der Waals surface area contributed by atoms with Crippen molar-refractivity contribution in [1.29, 1.82) is 0 Å². The highest BCUT2D eigenvalue weighted by atomic mass is 35.5. The van der Waals surface area contributed by atoms with Crippen LogP contribution in [0, 0.1) is 5.92 Å². The van der Waals surface area contributed by atoms with Crippen LogP contribution in [0.1, 0.15) is 56.9 Å². The van der Waals surface area contributed by atoms with E-state index in [0.29, 0.717) is 55.4 Å². The first-order chi connectivity index (χ1) is 22.9. The number of benzene rings is 2. The molecule has 0 N–H and O–H groups in total. The Hall–Kier alpha value is -2.25. The molecule has 2 fully saturated rings. The van der Waals surface area contributed by atoms with Crippen molar-refractivity contribution in [3.05, 3.63) is 77.3 Å². The smallest absolute Gasteiger partial charge is 0.282 e. The molecule has 2 heterocycles. The van der Waals surface area contributed by atoms with Crippen LogP contribution >= 0.6 is 11.6 Å². The van der Waals surface area contributed by atoms with Crippen LogP contribution in [0.3, 0.4) is 0 Å². The average Bonchev–Trinajstić information content (AvgIpc) is 3.07. The van der Waals surface area contributed by atoms with E-state index < -0.39 is 20.2 Å². The van der Waals surface area contributed by atoms with Crippen LogP contribution in [0.4, 0.5) is 5.69 Å². The van der Waals surface area contributed by atoms with Gasteiger partial charge in [-0.05, 0) is 98.2 Å². The summed E-state index contributed by atoms with van der Waals surface area (Å²) >= 11 is 6.44. The van der Waals surface area contributed by atoms with Gasteiger partial charge in [0.25, 0.3) is 10.2 Å². The van der Waals surface area contributed by atoms with E-state index in [1.807, 2.05) is 61.5 Å². The SMILES string of the molecule is C=C1CN(S(=O)(=O)c2ccc(N(C)C)cc2)CCCN(CC2CCCCC2)CCCN(S(=O)(=O)N2CC=C(c3ccccc3Cl)CC2)C1. The zero-order valence-electron chi connectivity index (χ0n) is 28.6. The Labute approximate surface area is 294 Å². The molecule has 1 saturated carbocycles. The van der Waals surface area contributed by atoms with Crippen LogP contribution in [0.15, 0.2) is 71.7 Å². The van der Waals surface area contributed by atoms with Crippen LogP contribution in [0.5, 0.6) is 0 Å². The molecule has 3 aliphatic rings. The van der Waals surface area contributed by atoms with Crippen molar-refractivity contribution in [3.63, 3.8) is 0 Å². The Balaban J connectivity index is 1.37. The molecule has 0 radical (unpaired) electrons. The van der Waals surface area contributed by atoms with E-state index in [2.05, 4.69) is 11.5 Å². The summed E-state index contributed by atoms with van der Waals surface area (Å²) in [5.74, 6) is 0.633. The molecule has 0 amide bonds. The molecule has 2 aromatic rings. The number of sulfonamides is 1. The third-order valence-corrected chi connectivity index (χ3v) is 14.0. The maximum Gasteiger partial charge on any atom is 0.282 e. The van der Waals surface area contributed by atoms with Gasteiger partial charge in [0, 0.05) is 70.6 Å². The summed E-state index contributed by atoms with van der Waals surface area (Å²) in [4.78, 5) is 4.60. The number of hydrogen-bond donors (Lipinski definition) is 0. The highest BCUT2D eigenvalue weighted by molar-refractivity contribution is 7.89. The van der Waals surface area contributed by atoms with Crippen LogP contribution in [-0.2, 0) is 20.2 Å². The quantitative estimate of drug-likeness (QED) is 0.314. The normalized spacial score (nSPS) is 21.3. The molecule has 0 atom stereocenters. The highest BCUT2D eigenvalue weighted by Crippen LogP contribution is 2.30. The first-order valence-electron chi connectivity index (χ1n) is 17.3. The van der Waals surface area contributed by atoms with Gasteiger partial charge in [-0.1, -0.05) is 61.7 Å². The molecule has 0 aromatic heterocycles. The number of halogens is 1. The third-order valence-electron chi connectivity index (χ3n) is 9.84. The summed E-state index contributed by atoms with van der Waals surface area (Å²) in [7, 11) is -3.85. The molecular weight excluding hydrogens is 666 g/mol. The summed E-state index contributed by atoms with van der Waals surface area (Å²) in [5, 5.41) is 0.658. The molecular formula is C36H52ClN5O4S2. The maximum absolute atomic E-state index is 14.2. The Morgan fingerprint density at radius 3 is 2.06 bits per heavy atom. The van der Waals surface area contributed by atoms with Crippen molar-refractivity contribution in [2.45, 2.75) is 56.3 Å². The molecule has 0 spiro atoms. The van der Waals surface area contributed by atoms with Gasteiger partial charge in [0.05, 0.1) is 4.90 Å². The van der Waals surface area contributed by atoms with E-state index in [9.17, 15) is 16.8 Å². The van der Waals surface area contributed by atoms with Crippen molar-refractivity contribution in [1.82, 2.24) is 17.8 Å². The summed E-state index contributed by atoms with van der Waals surface area (Å²) in [6, 6.07) is 14.6. The zero-order valence-corrected chi connectivity index (χ0v) is 31.0. The molecule has 264 valence electrons. The fraction of sp³-hybridized carbons (Fsp3) is 0.556. The number of hydrogen-bond acceptors (Lipinski definition) is 6. The summed E-state index contributed by atoms with van der Waals surface area (Å²) in [5.41, 5.74) is 3.45. The van der Waals surface area contributed by atoms with E-state index in [-0.39, 0.29) is 24.5 Å². The molecule has 1 saturated heterocycles. The van der Waals surface area contributed by atoms with Crippen molar-refractivity contribution in [2.75, 3.05) is 77.9 Å². The minimum Gasteiger partial charge on any atom is -0.378 e. The fourth-order valence-corrected chi connectivity index (χ4v) is 10.5. The van der Waals surface area contributed by atoms with Gasteiger partial charge in [-0.2, -0.15) is 21.3 Å². The molecule has 9 nitrogen and oxygen atoms in total. The molecule has 0 unspecified atom stereocenters. The van der Waals surface area contributed by atoms with Gasteiger partial charge in [0.2, 0.25) is 10.0 Å². The molecule has 2 aromatic carbocycles.